The van der Waals surface area contributed by atoms with Crippen LogP contribution in [0, 0.1) is 0 Å². The highest BCUT2D eigenvalue weighted by Gasteiger charge is 2.24. The summed E-state index contributed by atoms with van der Waals surface area (Å²) in [6.45, 7) is 9.54. The SMILES string of the molecule is CCNC(=NCc1ccnc(N2CCCC2)c1)N1CCC(OCC2CCCCO2)CC1. The van der Waals surface area contributed by atoms with Crippen LogP contribution in [0.15, 0.2) is 23.3 Å². The number of pyridine rings is 1. The first kappa shape index (κ1) is 22.3. The Hall–Kier alpha value is -1.86. The molecule has 1 unspecified atom stereocenters. The van der Waals surface area contributed by atoms with E-state index in [1.54, 1.807) is 0 Å². The van der Waals surface area contributed by atoms with Crippen LogP contribution in [0.3, 0.4) is 0 Å². The standard InChI is InChI=1S/C24H39N5O2/c1-2-25-24(27-18-20-8-11-26-23(17-20)28-12-4-5-13-28)29-14-9-21(10-15-29)31-19-22-7-3-6-16-30-22/h8,11,17,21-22H,2-7,9-10,12-16,18-19H2,1H3,(H,25,27). The molecule has 0 spiro atoms. The van der Waals surface area contributed by atoms with Gasteiger partial charge in [-0.2, -0.15) is 0 Å². The van der Waals surface area contributed by atoms with Crippen molar-refractivity contribution in [2.75, 3.05) is 50.8 Å². The zero-order valence-corrected chi connectivity index (χ0v) is 19.1. The van der Waals surface area contributed by atoms with E-state index in [1.807, 2.05) is 6.20 Å². The molecule has 7 heteroatoms. The Balaban J connectivity index is 1.27. The van der Waals surface area contributed by atoms with E-state index in [4.69, 9.17) is 14.5 Å². The van der Waals surface area contributed by atoms with Gasteiger partial charge in [-0.3, -0.25) is 0 Å². The summed E-state index contributed by atoms with van der Waals surface area (Å²) in [5.41, 5.74) is 1.22. The summed E-state index contributed by atoms with van der Waals surface area (Å²) in [5.74, 6) is 2.10. The van der Waals surface area contributed by atoms with E-state index < -0.39 is 0 Å². The molecule has 1 aromatic rings. The summed E-state index contributed by atoms with van der Waals surface area (Å²) in [5, 5.41) is 3.48. The number of hydrogen-bond acceptors (Lipinski definition) is 5. The number of ether oxygens (including phenoxy) is 2. The number of aliphatic imine (C=N–C) groups is 1. The Morgan fingerprint density at radius 3 is 2.74 bits per heavy atom. The third-order valence-electron chi connectivity index (χ3n) is 6.52. The van der Waals surface area contributed by atoms with Gasteiger partial charge in [0.1, 0.15) is 5.82 Å². The van der Waals surface area contributed by atoms with Crippen LogP contribution in [0.4, 0.5) is 5.82 Å². The van der Waals surface area contributed by atoms with Gasteiger partial charge in [-0.1, -0.05) is 0 Å². The number of aromatic nitrogens is 1. The van der Waals surface area contributed by atoms with Gasteiger partial charge in [0.05, 0.1) is 25.4 Å². The average molecular weight is 430 g/mol. The second-order valence-electron chi connectivity index (χ2n) is 8.89. The van der Waals surface area contributed by atoms with Crippen molar-refractivity contribution in [3.05, 3.63) is 23.9 Å². The van der Waals surface area contributed by atoms with E-state index in [9.17, 15) is 0 Å². The van der Waals surface area contributed by atoms with Gasteiger partial charge in [0.25, 0.3) is 0 Å². The highest BCUT2D eigenvalue weighted by molar-refractivity contribution is 5.80. The molecule has 3 aliphatic heterocycles. The summed E-state index contributed by atoms with van der Waals surface area (Å²) in [4.78, 5) is 14.3. The molecule has 0 aliphatic carbocycles. The lowest BCUT2D eigenvalue weighted by Gasteiger charge is -2.35. The van der Waals surface area contributed by atoms with Crippen molar-refractivity contribution < 1.29 is 9.47 Å². The van der Waals surface area contributed by atoms with Crippen molar-refractivity contribution in [2.24, 2.45) is 4.99 Å². The lowest BCUT2D eigenvalue weighted by molar-refractivity contribution is -0.0721. The van der Waals surface area contributed by atoms with Crippen LogP contribution in [0.1, 0.15) is 57.4 Å². The maximum Gasteiger partial charge on any atom is 0.194 e. The van der Waals surface area contributed by atoms with Crippen LogP contribution in [0.5, 0.6) is 0 Å². The second kappa shape index (κ2) is 11.7. The number of likely N-dealkylation sites (tertiary alicyclic amines) is 1. The van der Waals surface area contributed by atoms with Gasteiger partial charge in [0.15, 0.2) is 5.96 Å². The van der Waals surface area contributed by atoms with Crippen LogP contribution in [0.2, 0.25) is 0 Å². The molecule has 0 radical (unpaired) electrons. The molecule has 31 heavy (non-hydrogen) atoms. The molecule has 4 rings (SSSR count). The van der Waals surface area contributed by atoms with E-state index >= 15 is 0 Å². The number of nitrogens with one attached hydrogen (secondary N) is 1. The van der Waals surface area contributed by atoms with Gasteiger partial charge in [-0.15, -0.1) is 0 Å². The predicted molar refractivity (Wildman–Crippen MR) is 125 cm³/mol. The average Bonchev–Trinajstić information content (AvgIpc) is 3.37. The molecule has 0 saturated carbocycles. The third kappa shape index (κ3) is 6.56. The summed E-state index contributed by atoms with van der Waals surface area (Å²) >= 11 is 0. The Morgan fingerprint density at radius 1 is 1.16 bits per heavy atom. The first-order valence-electron chi connectivity index (χ1n) is 12.3. The first-order chi connectivity index (χ1) is 15.3. The van der Waals surface area contributed by atoms with Crippen LogP contribution < -0.4 is 10.2 Å². The van der Waals surface area contributed by atoms with Gasteiger partial charge in [-0.25, -0.2) is 9.98 Å². The van der Waals surface area contributed by atoms with E-state index in [0.717, 1.165) is 77.0 Å². The highest BCUT2D eigenvalue weighted by Crippen LogP contribution is 2.20. The summed E-state index contributed by atoms with van der Waals surface area (Å²) in [7, 11) is 0. The van der Waals surface area contributed by atoms with Crippen molar-refractivity contribution in [1.82, 2.24) is 15.2 Å². The van der Waals surface area contributed by atoms with Crippen molar-refractivity contribution >= 4 is 11.8 Å². The number of anilines is 1. The molecule has 7 nitrogen and oxygen atoms in total. The monoisotopic (exact) mass is 429 g/mol. The number of hydrogen-bond donors (Lipinski definition) is 1. The Kier molecular flexibility index (Phi) is 8.41. The molecule has 0 bridgehead atoms. The first-order valence-corrected chi connectivity index (χ1v) is 12.3. The van der Waals surface area contributed by atoms with Crippen molar-refractivity contribution in [3.8, 4) is 0 Å². The van der Waals surface area contributed by atoms with Crippen molar-refractivity contribution in [3.63, 3.8) is 0 Å². The van der Waals surface area contributed by atoms with Crippen LogP contribution in [-0.2, 0) is 16.0 Å². The zero-order chi connectivity index (χ0) is 21.3. The number of nitrogens with zero attached hydrogens (tertiary/aromatic N) is 4. The van der Waals surface area contributed by atoms with Crippen molar-refractivity contribution in [1.29, 1.82) is 0 Å². The minimum Gasteiger partial charge on any atom is -0.376 e. The number of guanidine groups is 1. The van der Waals surface area contributed by atoms with Gasteiger partial charge in [0, 0.05) is 45.5 Å². The second-order valence-corrected chi connectivity index (χ2v) is 8.89. The van der Waals surface area contributed by atoms with E-state index in [-0.39, 0.29) is 0 Å². The van der Waals surface area contributed by atoms with Gasteiger partial charge in [0.2, 0.25) is 0 Å². The maximum atomic E-state index is 6.18. The molecule has 172 valence electrons. The van der Waals surface area contributed by atoms with E-state index in [1.165, 1.54) is 31.2 Å². The fraction of sp³-hybridized carbons (Fsp3) is 0.750. The lowest BCUT2D eigenvalue weighted by atomic mass is 10.1. The number of piperidine rings is 1. The van der Waals surface area contributed by atoms with Crippen LogP contribution in [0.25, 0.3) is 0 Å². The summed E-state index contributed by atoms with van der Waals surface area (Å²) in [6.07, 6.45) is 10.8. The van der Waals surface area contributed by atoms with Crippen LogP contribution >= 0.6 is 0 Å². The lowest BCUT2D eigenvalue weighted by Crippen LogP contribution is -2.47. The third-order valence-corrected chi connectivity index (χ3v) is 6.52. The fourth-order valence-electron chi connectivity index (χ4n) is 4.69. The molecule has 0 amide bonds. The molecular formula is C24H39N5O2. The van der Waals surface area contributed by atoms with Gasteiger partial charge >= 0.3 is 0 Å². The molecule has 0 aromatic carbocycles. The molecule has 3 fully saturated rings. The molecule has 3 saturated heterocycles. The predicted octanol–water partition coefficient (Wildman–Crippen LogP) is 3.20. The maximum absolute atomic E-state index is 6.18. The normalized spacial score (nSPS) is 23.4. The Labute approximate surface area is 187 Å². The smallest absolute Gasteiger partial charge is 0.194 e. The molecule has 3 aliphatic rings. The largest absolute Gasteiger partial charge is 0.376 e. The molecule has 4 heterocycles. The van der Waals surface area contributed by atoms with E-state index in [2.05, 4.69) is 39.2 Å². The minimum atomic E-state index is 0.302. The quantitative estimate of drug-likeness (QED) is 0.531. The Morgan fingerprint density at radius 2 is 2.00 bits per heavy atom. The topological polar surface area (TPSA) is 62.2 Å². The van der Waals surface area contributed by atoms with Crippen molar-refractivity contribution in [2.45, 2.75) is 70.6 Å². The summed E-state index contributed by atoms with van der Waals surface area (Å²) in [6, 6.07) is 4.28. The zero-order valence-electron chi connectivity index (χ0n) is 19.1. The molecular weight excluding hydrogens is 390 g/mol. The molecule has 1 atom stereocenters. The van der Waals surface area contributed by atoms with E-state index in [0.29, 0.717) is 18.8 Å². The molecule has 1 aromatic heterocycles. The van der Waals surface area contributed by atoms with Gasteiger partial charge < -0.3 is 24.6 Å². The fourth-order valence-corrected chi connectivity index (χ4v) is 4.69. The Bertz CT molecular complexity index is 693. The molecule has 1 N–H and O–H groups in total. The minimum absolute atomic E-state index is 0.302. The highest BCUT2D eigenvalue weighted by atomic mass is 16.5. The van der Waals surface area contributed by atoms with Crippen LogP contribution in [-0.4, -0.2) is 74.0 Å². The number of rotatable bonds is 7. The van der Waals surface area contributed by atoms with Gasteiger partial charge in [-0.05, 0) is 69.6 Å². The summed E-state index contributed by atoms with van der Waals surface area (Å²) < 4.78 is 12.0.